The lowest BCUT2D eigenvalue weighted by Crippen LogP contribution is -2.49. The molecule has 0 atom stereocenters. The van der Waals surface area contributed by atoms with Gasteiger partial charge in [-0.3, -0.25) is 5.41 Å². The molecular formula is C53H37N3. The van der Waals surface area contributed by atoms with E-state index in [0.717, 1.165) is 0 Å². The maximum absolute atomic E-state index is 11.2. The lowest BCUT2D eigenvalue weighted by Gasteiger charge is -2.47. The highest BCUT2D eigenvalue weighted by Gasteiger charge is 2.49. The monoisotopic (exact) mass is 715 g/mol. The maximum atomic E-state index is 11.2. The van der Waals surface area contributed by atoms with Crippen molar-refractivity contribution >= 4 is 5.96 Å². The molecule has 3 heteroatoms. The van der Waals surface area contributed by atoms with Gasteiger partial charge in [0.25, 0.3) is 0 Å². The van der Waals surface area contributed by atoms with Gasteiger partial charge in [-0.15, -0.1) is 0 Å². The summed E-state index contributed by atoms with van der Waals surface area (Å²) in [5.41, 5.74) is 19.8. The molecule has 12 rings (SSSR count). The molecule has 3 nitrogen and oxygen atoms in total. The number of nitrogens with one attached hydrogen (secondary N) is 1. The van der Waals surface area contributed by atoms with Crippen molar-refractivity contribution in [3.63, 3.8) is 0 Å². The van der Waals surface area contributed by atoms with Gasteiger partial charge in [0.05, 0.1) is 24.2 Å². The maximum Gasteiger partial charge on any atom is 0.196 e. The normalized spacial score (nSPS) is 14.6. The van der Waals surface area contributed by atoms with Crippen molar-refractivity contribution in [1.82, 2.24) is 9.80 Å². The van der Waals surface area contributed by atoms with E-state index in [4.69, 9.17) is 0 Å². The fourth-order valence-corrected chi connectivity index (χ4v) is 10.6. The average molecular weight is 716 g/mol. The van der Waals surface area contributed by atoms with E-state index in [1.165, 1.54) is 89.0 Å². The van der Waals surface area contributed by atoms with Gasteiger partial charge >= 0.3 is 0 Å². The van der Waals surface area contributed by atoms with Crippen LogP contribution >= 0.6 is 0 Å². The second-order valence-corrected chi connectivity index (χ2v) is 15.4. The van der Waals surface area contributed by atoms with Gasteiger partial charge in [-0.05, 0) is 89.0 Å². The van der Waals surface area contributed by atoms with E-state index < -0.39 is 0 Å². The number of benzene rings is 8. The molecule has 1 N–H and O–H groups in total. The van der Waals surface area contributed by atoms with Crippen molar-refractivity contribution in [3.8, 4) is 44.5 Å². The van der Waals surface area contributed by atoms with Gasteiger partial charge < -0.3 is 9.80 Å². The first-order chi connectivity index (χ1) is 27.8. The summed E-state index contributed by atoms with van der Waals surface area (Å²) in [5, 5.41) is 11.2. The van der Waals surface area contributed by atoms with Crippen LogP contribution < -0.4 is 0 Å². The molecule has 0 aromatic heterocycles. The van der Waals surface area contributed by atoms with Crippen LogP contribution in [0.3, 0.4) is 0 Å². The molecule has 0 saturated heterocycles. The quantitative estimate of drug-likeness (QED) is 0.145. The molecule has 0 amide bonds. The zero-order chi connectivity index (χ0) is 36.9. The molecule has 4 aliphatic rings. The standard InChI is InChI=1S/C53H37N3/c54-53(55(49-41-25-9-1-17-33(41)34-18-2-10-26-42(34)49)50-43-27-11-3-19-35(43)36-20-4-12-28-44(36)50)56(51-45-29-13-5-21-37(45)38-22-6-14-30-46(38)51)52-47-31-15-7-23-39(47)40-24-8-16-32-48(40)52/h1-32,49-52,54H. The number of nitrogens with zero attached hydrogens (tertiary/aromatic N) is 2. The molecule has 0 bridgehead atoms. The highest BCUT2D eigenvalue weighted by molar-refractivity contribution is 5.91. The van der Waals surface area contributed by atoms with Crippen LogP contribution in [0.4, 0.5) is 0 Å². The minimum atomic E-state index is -0.208. The minimum Gasteiger partial charge on any atom is -0.321 e. The van der Waals surface area contributed by atoms with Crippen molar-refractivity contribution in [1.29, 1.82) is 5.41 Å². The number of rotatable bonds is 4. The van der Waals surface area contributed by atoms with Crippen molar-refractivity contribution in [3.05, 3.63) is 239 Å². The van der Waals surface area contributed by atoms with E-state index in [1.807, 2.05) is 0 Å². The third kappa shape index (κ3) is 4.26. The first-order valence-corrected chi connectivity index (χ1v) is 19.7. The molecule has 8 aromatic carbocycles. The summed E-state index contributed by atoms with van der Waals surface area (Å²) in [4.78, 5) is 4.98. The highest BCUT2D eigenvalue weighted by Crippen LogP contribution is 2.58. The van der Waals surface area contributed by atoms with Crippen molar-refractivity contribution < 1.29 is 0 Å². The first kappa shape index (κ1) is 31.4. The fourth-order valence-electron chi connectivity index (χ4n) is 10.6. The molecule has 0 unspecified atom stereocenters. The highest BCUT2D eigenvalue weighted by atomic mass is 15.4. The minimum absolute atomic E-state index is 0.208. The number of hydrogen-bond donors (Lipinski definition) is 1. The summed E-state index contributed by atoms with van der Waals surface area (Å²) < 4.78 is 0. The Hall–Kier alpha value is -6.97. The topological polar surface area (TPSA) is 30.3 Å². The number of hydrogen-bond acceptors (Lipinski definition) is 1. The summed E-state index contributed by atoms with van der Waals surface area (Å²) in [6, 6.07) is 70.1. The zero-order valence-corrected chi connectivity index (χ0v) is 30.7. The van der Waals surface area contributed by atoms with Crippen LogP contribution in [-0.4, -0.2) is 15.8 Å². The number of fused-ring (bicyclic) bond motifs is 12. The van der Waals surface area contributed by atoms with Crippen LogP contribution in [0.5, 0.6) is 0 Å². The Morgan fingerprint density at radius 2 is 0.393 bits per heavy atom. The second-order valence-electron chi connectivity index (χ2n) is 15.4. The van der Waals surface area contributed by atoms with Crippen LogP contribution in [0, 0.1) is 5.41 Å². The van der Waals surface area contributed by atoms with Gasteiger partial charge in [0.15, 0.2) is 5.96 Å². The zero-order valence-electron chi connectivity index (χ0n) is 30.7. The van der Waals surface area contributed by atoms with Gasteiger partial charge in [0, 0.05) is 0 Å². The largest absolute Gasteiger partial charge is 0.321 e. The fraction of sp³-hybridized carbons (Fsp3) is 0.0755. The summed E-state index contributed by atoms with van der Waals surface area (Å²) in [6.07, 6.45) is 0. The predicted molar refractivity (Wildman–Crippen MR) is 226 cm³/mol. The Morgan fingerprint density at radius 3 is 0.554 bits per heavy atom. The third-order valence-corrected chi connectivity index (χ3v) is 12.8. The van der Waals surface area contributed by atoms with Crippen molar-refractivity contribution in [2.75, 3.05) is 0 Å². The Kier molecular flexibility index (Phi) is 6.73. The second kappa shape index (κ2) is 12.0. The van der Waals surface area contributed by atoms with E-state index in [1.54, 1.807) is 0 Å². The van der Waals surface area contributed by atoms with Gasteiger partial charge in [0.2, 0.25) is 0 Å². The Morgan fingerprint density at radius 1 is 0.250 bits per heavy atom. The first-order valence-electron chi connectivity index (χ1n) is 19.7. The van der Waals surface area contributed by atoms with E-state index >= 15 is 0 Å². The Bertz CT molecular complexity index is 2340. The van der Waals surface area contributed by atoms with Crippen molar-refractivity contribution in [2.45, 2.75) is 24.2 Å². The van der Waals surface area contributed by atoms with Gasteiger partial charge in [-0.1, -0.05) is 194 Å². The lowest BCUT2D eigenvalue weighted by atomic mass is 9.94. The third-order valence-electron chi connectivity index (χ3n) is 12.8. The molecule has 0 radical (unpaired) electrons. The summed E-state index contributed by atoms with van der Waals surface area (Å²) >= 11 is 0. The SMILES string of the molecule is N=C(N(C1c2ccccc2-c2ccccc21)C1c2ccccc2-c2ccccc21)N(C1c2ccccc2-c2ccccc21)C1c2ccccc2-c2ccccc21. The molecule has 0 spiro atoms. The Labute approximate surface area is 327 Å². The van der Waals surface area contributed by atoms with Crippen LogP contribution in [0.15, 0.2) is 194 Å². The molecule has 264 valence electrons. The smallest absolute Gasteiger partial charge is 0.196 e. The van der Waals surface area contributed by atoms with Crippen LogP contribution in [0.25, 0.3) is 44.5 Å². The Balaban J connectivity index is 1.17. The van der Waals surface area contributed by atoms with E-state index in [0.29, 0.717) is 5.96 Å². The van der Waals surface area contributed by atoms with E-state index in [2.05, 4.69) is 204 Å². The van der Waals surface area contributed by atoms with Crippen LogP contribution in [-0.2, 0) is 0 Å². The molecule has 0 saturated carbocycles. The molecule has 0 aliphatic heterocycles. The number of guanidine groups is 1. The summed E-state index contributed by atoms with van der Waals surface area (Å²) in [5.74, 6) is 0.506. The molecule has 4 aliphatic carbocycles. The van der Waals surface area contributed by atoms with Gasteiger partial charge in [-0.25, -0.2) is 0 Å². The lowest BCUT2D eigenvalue weighted by molar-refractivity contribution is 0.209. The van der Waals surface area contributed by atoms with E-state index in [-0.39, 0.29) is 24.2 Å². The van der Waals surface area contributed by atoms with E-state index in [9.17, 15) is 5.41 Å². The molecular weight excluding hydrogens is 679 g/mol. The summed E-state index contributed by atoms with van der Waals surface area (Å²) in [7, 11) is 0. The predicted octanol–water partition coefficient (Wildman–Crippen LogP) is 12.6. The van der Waals surface area contributed by atoms with Gasteiger partial charge in [-0.2, -0.15) is 0 Å². The molecule has 8 aromatic rings. The van der Waals surface area contributed by atoms with Gasteiger partial charge in [0.1, 0.15) is 0 Å². The van der Waals surface area contributed by atoms with Crippen molar-refractivity contribution in [2.24, 2.45) is 0 Å². The average Bonchev–Trinajstić information content (AvgIpc) is 3.98. The summed E-state index contributed by atoms with van der Waals surface area (Å²) in [6.45, 7) is 0. The molecule has 56 heavy (non-hydrogen) atoms. The van der Waals surface area contributed by atoms with Crippen LogP contribution in [0.1, 0.15) is 68.7 Å². The molecule has 0 fully saturated rings. The van der Waals surface area contributed by atoms with Crippen LogP contribution in [0.2, 0.25) is 0 Å². The molecule has 0 heterocycles.